The molecule has 5 heteroatoms. The van der Waals surface area contributed by atoms with Crippen LogP contribution >= 0.6 is 23.2 Å². The third-order valence-electron chi connectivity index (χ3n) is 3.75. The quantitative estimate of drug-likeness (QED) is 0.741. The standard InChI is InChI=1S/C17H16Cl2N2O/c1-2-16(22)17-20-14-8-3-4-9-15(14)21(17)10-11-12(18)6-5-7-13(11)19/h3-9,16,22H,2,10H2,1H3/t16-/m0/s1. The summed E-state index contributed by atoms with van der Waals surface area (Å²) in [4.78, 5) is 4.57. The molecule has 0 unspecified atom stereocenters. The lowest BCUT2D eigenvalue weighted by Gasteiger charge is -2.14. The van der Waals surface area contributed by atoms with Gasteiger partial charge in [0.15, 0.2) is 0 Å². The van der Waals surface area contributed by atoms with E-state index in [9.17, 15) is 5.11 Å². The Hall–Kier alpha value is -1.55. The first-order chi connectivity index (χ1) is 10.6. The summed E-state index contributed by atoms with van der Waals surface area (Å²) in [6.45, 7) is 2.41. The van der Waals surface area contributed by atoms with Gasteiger partial charge in [0.05, 0.1) is 17.6 Å². The Kier molecular flexibility index (Phi) is 4.39. The van der Waals surface area contributed by atoms with Gasteiger partial charge in [-0.15, -0.1) is 0 Å². The molecule has 0 saturated heterocycles. The van der Waals surface area contributed by atoms with E-state index in [4.69, 9.17) is 23.2 Å². The zero-order chi connectivity index (χ0) is 15.7. The summed E-state index contributed by atoms with van der Waals surface area (Å²) in [6.07, 6.45) is -0.0202. The van der Waals surface area contributed by atoms with E-state index in [2.05, 4.69) is 4.98 Å². The molecule has 114 valence electrons. The van der Waals surface area contributed by atoms with Crippen LogP contribution < -0.4 is 0 Å². The Labute approximate surface area is 139 Å². The average Bonchev–Trinajstić information content (AvgIpc) is 2.89. The minimum absolute atomic E-state index is 0.478. The molecular weight excluding hydrogens is 319 g/mol. The van der Waals surface area contributed by atoms with Gasteiger partial charge < -0.3 is 9.67 Å². The van der Waals surface area contributed by atoms with E-state index >= 15 is 0 Å². The largest absolute Gasteiger partial charge is 0.385 e. The fourth-order valence-electron chi connectivity index (χ4n) is 2.54. The van der Waals surface area contributed by atoms with Crippen molar-refractivity contribution in [3.8, 4) is 0 Å². The first-order valence-electron chi connectivity index (χ1n) is 7.18. The maximum Gasteiger partial charge on any atom is 0.139 e. The summed E-state index contributed by atoms with van der Waals surface area (Å²) in [5.74, 6) is 0.639. The van der Waals surface area contributed by atoms with Gasteiger partial charge in [0, 0.05) is 15.6 Å². The Morgan fingerprint density at radius 1 is 1.09 bits per heavy atom. The number of fused-ring (bicyclic) bond motifs is 1. The molecule has 0 spiro atoms. The van der Waals surface area contributed by atoms with Crippen molar-refractivity contribution in [2.24, 2.45) is 0 Å². The number of rotatable bonds is 4. The maximum absolute atomic E-state index is 10.3. The molecule has 0 aliphatic heterocycles. The van der Waals surface area contributed by atoms with E-state index in [1.807, 2.05) is 54.0 Å². The summed E-state index contributed by atoms with van der Waals surface area (Å²) < 4.78 is 1.98. The Bertz CT molecular complexity index is 793. The SMILES string of the molecule is CC[C@H](O)c1nc2ccccc2n1Cc1c(Cl)cccc1Cl. The molecule has 1 atom stereocenters. The molecular formula is C17H16Cl2N2O. The van der Waals surface area contributed by atoms with Crippen LogP contribution in [0.5, 0.6) is 0 Å². The fraction of sp³-hybridized carbons (Fsp3) is 0.235. The first-order valence-corrected chi connectivity index (χ1v) is 7.93. The second kappa shape index (κ2) is 6.29. The number of halogens is 2. The average molecular weight is 335 g/mol. The van der Waals surface area contributed by atoms with E-state index in [-0.39, 0.29) is 0 Å². The normalized spacial score (nSPS) is 12.7. The maximum atomic E-state index is 10.3. The number of hydrogen-bond donors (Lipinski definition) is 1. The molecule has 1 heterocycles. The Morgan fingerprint density at radius 3 is 2.45 bits per heavy atom. The van der Waals surface area contributed by atoms with Gasteiger partial charge in [-0.25, -0.2) is 4.98 Å². The highest BCUT2D eigenvalue weighted by atomic mass is 35.5. The highest BCUT2D eigenvalue weighted by Gasteiger charge is 2.18. The lowest BCUT2D eigenvalue weighted by atomic mass is 10.2. The topological polar surface area (TPSA) is 38.1 Å². The van der Waals surface area contributed by atoms with Crippen LogP contribution in [0.1, 0.15) is 30.8 Å². The summed E-state index contributed by atoms with van der Waals surface area (Å²) in [7, 11) is 0. The second-order valence-electron chi connectivity index (χ2n) is 5.17. The number of para-hydroxylation sites is 2. The zero-order valence-corrected chi connectivity index (χ0v) is 13.6. The van der Waals surface area contributed by atoms with Crippen molar-refractivity contribution in [3.63, 3.8) is 0 Å². The highest BCUT2D eigenvalue weighted by Crippen LogP contribution is 2.29. The van der Waals surface area contributed by atoms with Crippen molar-refractivity contribution < 1.29 is 5.11 Å². The van der Waals surface area contributed by atoms with Crippen LogP contribution in [0.3, 0.4) is 0 Å². The van der Waals surface area contributed by atoms with Crippen LogP contribution in [0.2, 0.25) is 10.0 Å². The molecule has 3 rings (SSSR count). The molecule has 0 aliphatic carbocycles. The molecule has 3 nitrogen and oxygen atoms in total. The van der Waals surface area contributed by atoms with Crippen molar-refractivity contribution in [1.29, 1.82) is 0 Å². The Morgan fingerprint density at radius 2 is 1.77 bits per heavy atom. The summed E-state index contributed by atoms with van der Waals surface area (Å²) in [5.41, 5.74) is 2.65. The monoisotopic (exact) mass is 334 g/mol. The third-order valence-corrected chi connectivity index (χ3v) is 4.45. The van der Waals surface area contributed by atoms with Gasteiger partial charge in [-0.05, 0) is 30.7 Å². The van der Waals surface area contributed by atoms with Gasteiger partial charge in [-0.2, -0.15) is 0 Å². The van der Waals surface area contributed by atoms with Crippen LogP contribution in [0.15, 0.2) is 42.5 Å². The number of hydrogen-bond acceptors (Lipinski definition) is 2. The lowest BCUT2D eigenvalue weighted by molar-refractivity contribution is 0.160. The number of aliphatic hydroxyl groups excluding tert-OH is 1. The van der Waals surface area contributed by atoms with Gasteiger partial charge in [-0.3, -0.25) is 0 Å². The molecule has 1 aromatic heterocycles. The lowest BCUT2D eigenvalue weighted by Crippen LogP contribution is -2.10. The first kappa shape index (κ1) is 15.3. The molecule has 2 aromatic carbocycles. The van der Waals surface area contributed by atoms with E-state index < -0.39 is 6.10 Å². The summed E-state index contributed by atoms with van der Waals surface area (Å²) in [5, 5.41) is 11.5. The van der Waals surface area contributed by atoms with Crippen molar-refractivity contribution in [3.05, 3.63) is 63.9 Å². The minimum atomic E-state index is -0.617. The summed E-state index contributed by atoms with van der Waals surface area (Å²) >= 11 is 12.6. The van der Waals surface area contributed by atoms with Gasteiger partial charge >= 0.3 is 0 Å². The molecule has 0 aliphatic rings. The van der Waals surface area contributed by atoms with Crippen LogP contribution in [-0.4, -0.2) is 14.7 Å². The molecule has 0 amide bonds. The molecule has 3 aromatic rings. The predicted molar refractivity (Wildman–Crippen MR) is 90.5 cm³/mol. The molecule has 0 saturated carbocycles. The number of imidazole rings is 1. The van der Waals surface area contributed by atoms with Crippen LogP contribution in [-0.2, 0) is 6.54 Å². The predicted octanol–water partition coefficient (Wildman–Crippen LogP) is 4.83. The highest BCUT2D eigenvalue weighted by molar-refractivity contribution is 6.36. The van der Waals surface area contributed by atoms with Gasteiger partial charge in [0.2, 0.25) is 0 Å². The molecule has 0 bridgehead atoms. The van der Waals surface area contributed by atoms with E-state index in [0.29, 0.717) is 28.8 Å². The van der Waals surface area contributed by atoms with Crippen molar-refractivity contribution >= 4 is 34.2 Å². The minimum Gasteiger partial charge on any atom is -0.385 e. The van der Waals surface area contributed by atoms with E-state index in [1.54, 1.807) is 0 Å². The van der Waals surface area contributed by atoms with Crippen LogP contribution in [0.4, 0.5) is 0 Å². The van der Waals surface area contributed by atoms with Gasteiger partial charge in [0.25, 0.3) is 0 Å². The smallest absolute Gasteiger partial charge is 0.139 e. The number of aromatic nitrogens is 2. The van der Waals surface area contributed by atoms with Gasteiger partial charge in [0.1, 0.15) is 11.9 Å². The molecule has 0 fully saturated rings. The Balaban J connectivity index is 2.16. The number of nitrogens with zero attached hydrogens (tertiary/aromatic N) is 2. The molecule has 0 radical (unpaired) electrons. The number of aliphatic hydroxyl groups is 1. The summed E-state index contributed by atoms with van der Waals surface area (Å²) in [6, 6.07) is 13.3. The van der Waals surface area contributed by atoms with Crippen molar-refractivity contribution in [1.82, 2.24) is 9.55 Å². The fourth-order valence-corrected chi connectivity index (χ4v) is 3.06. The number of benzene rings is 2. The van der Waals surface area contributed by atoms with Crippen molar-refractivity contribution in [2.75, 3.05) is 0 Å². The molecule has 1 N–H and O–H groups in total. The zero-order valence-electron chi connectivity index (χ0n) is 12.1. The van der Waals surface area contributed by atoms with Gasteiger partial charge in [-0.1, -0.05) is 48.3 Å². The van der Waals surface area contributed by atoms with Crippen LogP contribution in [0, 0.1) is 0 Å². The second-order valence-corrected chi connectivity index (χ2v) is 5.98. The third kappa shape index (κ3) is 2.72. The van der Waals surface area contributed by atoms with Crippen LogP contribution in [0.25, 0.3) is 11.0 Å². The van der Waals surface area contributed by atoms with E-state index in [1.165, 1.54) is 0 Å². The van der Waals surface area contributed by atoms with E-state index in [0.717, 1.165) is 16.6 Å². The van der Waals surface area contributed by atoms with Crippen molar-refractivity contribution in [2.45, 2.75) is 26.0 Å². The molecule has 22 heavy (non-hydrogen) atoms.